The van der Waals surface area contributed by atoms with Gasteiger partial charge in [-0.25, -0.2) is 8.78 Å². The van der Waals surface area contributed by atoms with Crippen molar-refractivity contribution in [3.63, 3.8) is 0 Å². The number of nitrogens with zero attached hydrogens (tertiary/aromatic N) is 3. The molecule has 170 valence electrons. The van der Waals surface area contributed by atoms with Crippen molar-refractivity contribution >= 4 is 40.1 Å². The molecular weight excluding hydrogens is 474 g/mol. The molecule has 0 saturated carbocycles. The Hall–Kier alpha value is -3.55. The number of nitriles is 1. The summed E-state index contributed by atoms with van der Waals surface area (Å²) in [7, 11) is 1.38. The highest BCUT2D eigenvalue weighted by Gasteiger charge is 2.16. The minimum atomic E-state index is -0.902. The van der Waals surface area contributed by atoms with Crippen LogP contribution in [0.2, 0.25) is 5.02 Å². The smallest absolute Gasteiger partial charge is 0.268 e. The number of amides is 1. The van der Waals surface area contributed by atoms with E-state index in [-0.39, 0.29) is 27.7 Å². The Morgan fingerprint density at radius 1 is 1.27 bits per heavy atom. The molecule has 0 radical (unpaired) electrons. The standard InChI is InChI=1S/C22H17ClF2N4O3S/c1-3-19-28-29-22(33-19)27-21(30)13(10-26)8-12-4-7-17(18(9-12)31-2)32-11-14-16(24)6-5-15(23)20(14)25/h4-9H,3,11H2,1-2H3,(H,27,29,30)/b13-8+. The van der Waals surface area contributed by atoms with Crippen LogP contribution in [0.4, 0.5) is 13.9 Å². The number of hydrogen-bond donors (Lipinski definition) is 1. The Labute approximate surface area is 197 Å². The van der Waals surface area contributed by atoms with Crippen molar-refractivity contribution in [2.45, 2.75) is 20.0 Å². The van der Waals surface area contributed by atoms with Crippen LogP contribution in [0.1, 0.15) is 23.1 Å². The summed E-state index contributed by atoms with van der Waals surface area (Å²) < 4.78 is 38.8. The first kappa shape index (κ1) is 24.1. The van der Waals surface area contributed by atoms with Crippen LogP contribution in [0.25, 0.3) is 6.08 Å². The van der Waals surface area contributed by atoms with E-state index in [2.05, 4.69) is 15.5 Å². The van der Waals surface area contributed by atoms with Crippen molar-refractivity contribution in [1.82, 2.24) is 10.2 Å². The normalized spacial score (nSPS) is 11.1. The molecule has 7 nitrogen and oxygen atoms in total. The molecule has 0 fully saturated rings. The van der Waals surface area contributed by atoms with Gasteiger partial charge in [0.05, 0.1) is 17.7 Å². The van der Waals surface area contributed by atoms with E-state index in [0.717, 1.165) is 17.1 Å². The highest BCUT2D eigenvalue weighted by atomic mass is 35.5. The van der Waals surface area contributed by atoms with Crippen molar-refractivity contribution in [1.29, 1.82) is 5.26 Å². The van der Waals surface area contributed by atoms with Gasteiger partial charge in [-0.05, 0) is 42.3 Å². The van der Waals surface area contributed by atoms with E-state index in [1.165, 1.54) is 36.7 Å². The summed E-state index contributed by atoms with van der Waals surface area (Å²) in [6.07, 6.45) is 2.04. The van der Waals surface area contributed by atoms with Gasteiger partial charge in [-0.2, -0.15) is 5.26 Å². The fourth-order valence-corrected chi connectivity index (χ4v) is 3.52. The lowest BCUT2D eigenvalue weighted by Crippen LogP contribution is -2.13. The topological polar surface area (TPSA) is 97.1 Å². The number of anilines is 1. The van der Waals surface area contributed by atoms with Gasteiger partial charge >= 0.3 is 0 Å². The summed E-state index contributed by atoms with van der Waals surface area (Å²) in [5.41, 5.74) is -0.0144. The molecule has 0 aliphatic rings. The van der Waals surface area contributed by atoms with E-state index < -0.39 is 24.1 Å². The first-order chi connectivity index (χ1) is 15.9. The third-order valence-corrected chi connectivity index (χ3v) is 5.64. The minimum Gasteiger partial charge on any atom is -0.493 e. The molecule has 3 aromatic rings. The van der Waals surface area contributed by atoms with Crippen LogP contribution in [-0.2, 0) is 17.8 Å². The predicted octanol–water partition coefficient (Wildman–Crippen LogP) is 5.17. The highest BCUT2D eigenvalue weighted by Crippen LogP contribution is 2.31. The lowest BCUT2D eigenvalue weighted by atomic mass is 10.1. The summed E-state index contributed by atoms with van der Waals surface area (Å²) in [6.45, 7) is 1.49. The van der Waals surface area contributed by atoms with Crippen LogP contribution in [0.3, 0.4) is 0 Å². The van der Waals surface area contributed by atoms with Crippen LogP contribution >= 0.6 is 22.9 Å². The largest absolute Gasteiger partial charge is 0.493 e. The Morgan fingerprint density at radius 3 is 2.73 bits per heavy atom. The summed E-state index contributed by atoms with van der Waals surface area (Å²) >= 11 is 6.92. The van der Waals surface area contributed by atoms with Gasteiger partial charge in [0, 0.05) is 0 Å². The molecule has 1 heterocycles. The molecule has 1 N–H and O–H groups in total. The molecule has 0 bridgehead atoms. The summed E-state index contributed by atoms with van der Waals surface area (Å²) in [5.74, 6) is -1.89. The average Bonchev–Trinajstić information content (AvgIpc) is 3.27. The van der Waals surface area contributed by atoms with Gasteiger partial charge < -0.3 is 9.47 Å². The molecule has 11 heteroatoms. The number of halogens is 3. The number of benzene rings is 2. The molecule has 1 aromatic heterocycles. The maximum Gasteiger partial charge on any atom is 0.268 e. The fraction of sp³-hybridized carbons (Fsp3) is 0.182. The van der Waals surface area contributed by atoms with E-state index >= 15 is 0 Å². The van der Waals surface area contributed by atoms with Gasteiger partial charge in [0.2, 0.25) is 5.13 Å². The zero-order chi connectivity index (χ0) is 24.0. The number of carbonyl (C=O) groups is 1. The number of hydrogen-bond acceptors (Lipinski definition) is 7. The van der Waals surface area contributed by atoms with Gasteiger partial charge in [0.15, 0.2) is 17.3 Å². The second kappa shape index (κ2) is 10.8. The third kappa shape index (κ3) is 5.83. The monoisotopic (exact) mass is 490 g/mol. The minimum absolute atomic E-state index is 0.165. The molecular formula is C22H17ClF2N4O3S. The fourth-order valence-electron chi connectivity index (χ4n) is 2.67. The number of aromatic nitrogens is 2. The number of aryl methyl sites for hydroxylation is 1. The molecule has 33 heavy (non-hydrogen) atoms. The van der Waals surface area contributed by atoms with Crippen molar-refractivity contribution < 1.29 is 23.0 Å². The van der Waals surface area contributed by atoms with E-state index in [4.69, 9.17) is 21.1 Å². The molecule has 0 aliphatic carbocycles. The molecule has 0 unspecified atom stereocenters. The van der Waals surface area contributed by atoms with Crippen LogP contribution in [0.5, 0.6) is 11.5 Å². The number of nitrogens with one attached hydrogen (secondary N) is 1. The molecule has 0 saturated heterocycles. The summed E-state index contributed by atoms with van der Waals surface area (Å²) in [6, 6.07) is 8.59. The Morgan fingerprint density at radius 2 is 2.06 bits per heavy atom. The SMILES string of the molecule is CCc1nnc(NC(=O)/C(C#N)=C/c2ccc(OCc3c(F)ccc(Cl)c3F)c(OC)c2)s1. The zero-order valence-electron chi connectivity index (χ0n) is 17.5. The van der Waals surface area contributed by atoms with E-state index in [1.54, 1.807) is 6.07 Å². The first-order valence-electron chi connectivity index (χ1n) is 9.55. The third-order valence-electron chi connectivity index (χ3n) is 4.36. The van der Waals surface area contributed by atoms with E-state index in [1.807, 2.05) is 13.0 Å². The van der Waals surface area contributed by atoms with Crippen LogP contribution in [-0.4, -0.2) is 23.2 Å². The molecule has 3 rings (SSSR count). The molecule has 0 aliphatic heterocycles. The summed E-state index contributed by atoms with van der Waals surface area (Å²) in [5, 5.41) is 20.5. The van der Waals surface area contributed by atoms with Gasteiger partial charge in [-0.3, -0.25) is 10.1 Å². The average molecular weight is 491 g/mol. The quantitative estimate of drug-likeness (QED) is 0.266. The van der Waals surface area contributed by atoms with Gasteiger partial charge in [0.25, 0.3) is 5.91 Å². The second-order valence-corrected chi connectivity index (χ2v) is 7.97. The van der Waals surface area contributed by atoms with Crippen LogP contribution in [0.15, 0.2) is 35.9 Å². The van der Waals surface area contributed by atoms with E-state index in [0.29, 0.717) is 17.1 Å². The number of rotatable bonds is 8. The lowest BCUT2D eigenvalue weighted by Gasteiger charge is -2.13. The number of carbonyl (C=O) groups excluding carboxylic acids is 1. The Bertz CT molecular complexity index is 1260. The summed E-state index contributed by atoms with van der Waals surface area (Å²) in [4.78, 5) is 12.4. The predicted molar refractivity (Wildman–Crippen MR) is 120 cm³/mol. The Balaban J connectivity index is 1.78. The van der Waals surface area contributed by atoms with Gasteiger partial charge in [-0.1, -0.05) is 35.9 Å². The van der Waals surface area contributed by atoms with Crippen molar-refractivity contribution in [2.24, 2.45) is 0 Å². The number of methoxy groups -OCH3 is 1. The van der Waals surface area contributed by atoms with Gasteiger partial charge in [-0.15, -0.1) is 10.2 Å². The molecule has 0 spiro atoms. The molecule has 0 atom stereocenters. The van der Waals surface area contributed by atoms with Crippen LogP contribution in [0, 0.1) is 23.0 Å². The maximum atomic E-state index is 14.1. The van der Waals surface area contributed by atoms with Crippen LogP contribution < -0.4 is 14.8 Å². The van der Waals surface area contributed by atoms with Crippen molar-refractivity contribution in [2.75, 3.05) is 12.4 Å². The van der Waals surface area contributed by atoms with E-state index in [9.17, 15) is 18.8 Å². The van der Waals surface area contributed by atoms with Crippen molar-refractivity contribution in [3.05, 3.63) is 68.7 Å². The maximum absolute atomic E-state index is 14.1. The molecule has 1 amide bonds. The highest BCUT2D eigenvalue weighted by molar-refractivity contribution is 7.15. The first-order valence-corrected chi connectivity index (χ1v) is 10.7. The number of ether oxygens (including phenoxy) is 2. The molecule has 2 aromatic carbocycles. The lowest BCUT2D eigenvalue weighted by molar-refractivity contribution is -0.112. The Kier molecular flexibility index (Phi) is 7.92. The second-order valence-electron chi connectivity index (χ2n) is 6.50. The van der Waals surface area contributed by atoms with Gasteiger partial charge in [0.1, 0.15) is 29.1 Å². The zero-order valence-corrected chi connectivity index (χ0v) is 19.1. The van der Waals surface area contributed by atoms with Crippen molar-refractivity contribution in [3.8, 4) is 17.6 Å².